The highest BCUT2D eigenvalue weighted by molar-refractivity contribution is 7.90. The van der Waals surface area contributed by atoms with Gasteiger partial charge in [-0.3, -0.25) is 0 Å². The van der Waals surface area contributed by atoms with E-state index in [1.54, 1.807) is 11.9 Å². The quantitative estimate of drug-likeness (QED) is 0.848. The molecule has 0 aliphatic carbocycles. The molecule has 0 fully saturated rings. The minimum atomic E-state index is -3.46. The number of hydrogen-bond acceptors (Lipinski definition) is 5. The molecule has 0 atom stereocenters. The summed E-state index contributed by atoms with van der Waals surface area (Å²) in [4.78, 5) is 12.9. The summed E-state index contributed by atoms with van der Waals surface area (Å²) in [6, 6.07) is 2.58. The maximum Gasteiger partial charge on any atom is 0.339 e. The number of carboxylic acids is 1. The number of carbonyl (C=O) groups is 1. The standard InChI is InChI=1S/C11H13NO5S/c1-12-3-4-17-10-8(11(13)14)5-7(6-9(10)12)18(2,15)16/h5-6H,3-4H2,1-2H3,(H,13,14). The molecule has 1 aromatic carbocycles. The van der Waals surface area contributed by atoms with Crippen molar-refractivity contribution in [1.82, 2.24) is 0 Å². The van der Waals surface area contributed by atoms with Crippen LogP contribution in [-0.2, 0) is 9.84 Å². The van der Waals surface area contributed by atoms with Crippen LogP contribution in [0, 0.1) is 0 Å². The molecule has 1 heterocycles. The monoisotopic (exact) mass is 271 g/mol. The Balaban J connectivity index is 2.74. The highest BCUT2D eigenvalue weighted by Gasteiger charge is 2.25. The van der Waals surface area contributed by atoms with E-state index in [0.29, 0.717) is 18.8 Å². The van der Waals surface area contributed by atoms with Gasteiger partial charge in [0.2, 0.25) is 0 Å². The van der Waals surface area contributed by atoms with Crippen molar-refractivity contribution in [3.05, 3.63) is 17.7 Å². The van der Waals surface area contributed by atoms with Gasteiger partial charge in [0.25, 0.3) is 0 Å². The number of anilines is 1. The van der Waals surface area contributed by atoms with E-state index >= 15 is 0 Å². The Kier molecular flexibility index (Phi) is 2.94. The smallest absolute Gasteiger partial charge is 0.339 e. The molecule has 0 aromatic heterocycles. The zero-order valence-corrected chi connectivity index (χ0v) is 10.8. The van der Waals surface area contributed by atoms with Crippen molar-refractivity contribution >= 4 is 21.5 Å². The van der Waals surface area contributed by atoms with Gasteiger partial charge in [0.05, 0.1) is 17.1 Å². The maximum absolute atomic E-state index is 11.5. The van der Waals surface area contributed by atoms with Crippen LogP contribution in [0.5, 0.6) is 5.75 Å². The third-order valence-electron chi connectivity index (χ3n) is 2.79. The van der Waals surface area contributed by atoms with E-state index in [2.05, 4.69) is 0 Å². The van der Waals surface area contributed by atoms with Gasteiger partial charge in [0.1, 0.15) is 12.2 Å². The lowest BCUT2D eigenvalue weighted by atomic mass is 10.1. The first-order valence-corrected chi connectivity index (χ1v) is 7.15. The van der Waals surface area contributed by atoms with E-state index < -0.39 is 15.8 Å². The number of likely N-dealkylation sites (N-methyl/N-ethyl adjacent to an activating group) is 1. The molecule has 0 bridgehead atoms. The summed E-state index contributed by atoms with van der Waals surface area (Å²) in [5.41, 5.74) is 0.362. The van der Waals surface area contributed by atoms with Gasteiger partial charge < -0.3 is 14.7 Å². The zero-order chi connectivity index (χ0) is 13.5. The first-order chi connectivity index (χ1) is 8.30. The van der Waals surface area contributed by atoms with E-state index in [0.717, 1.165) is 12.3 Å². The Morgan fingerprint density at radius 3 is 2.67 bits per heavy atom. The zero-order valence-electron chi connectivity index (χ0n) is 10.0. The largest absolute Gasteiger partial charge is 0.489 e. The third kappa shape index (κ3) is 2.13. The van der Waals surface area contributed by atoms with Crippen LogP contribution in [-0.4, -0.2) is 45.9 Å². The molecule has 2 rings (SSSR count). The van der Waals surface area contributed by atoms with Crippen molar-refractivity contribution in [3.63, 3.8) is 0 Å². The fraction of sp³-hybridized carbons (Fsp3) is 0.364. The summed E-state index contributed by atoms with van der Waals surface area (Å²) in [5, 5.41) is 9.12. The van der Waals surface area contributed by atoms with E-state index in [1.165, 1.54) is 6.07 Å². The molecule has 7 heteroatoms. The van der Waals surface area contributed by atoms with Gasteiger partial charge >= 0.3 is 5.97 Å². The Morgan fingerprint density at radius 2 is 2.11 bits per heavy atom. The van der Waals surface area contributed by atoms with Gasteiger partial charge in [0, 0.05) is 13.3 Å². The average molecular weight is 271 g/mol. The summed E-state index contributed by atoms with van der Waals surface area (Å²) < 4.78 is 28.4. The van der Waals surface area contributed by atoms with Crippen molar-refractivity contribution in [2.45, 2.75) is 4.90 Å². The van der Waals surface area contributed by atoms with E-state index in [1.807, 2.05) is 0 Å². The highest BCUT2D eigenvalue weighted by atomic mass is 32.2. The SMILES string of the molecule is CN1CCOc2c(C(=O)O)cc(S(C)(=O)=O)cc21. The van der Waals surface area contributed by atoms with Crippen LogP contribution in [0.25, 0.3) is 0 Å². The first-order valence-electron chi connectivity index (χ1n) is 5.26. The van der Waals surface area contributed by atoms with Crippen LogP contribution in [0.1, 0.15) is 10.4 Å². The Hall–Kier alpha value is -1.76. The number of carboxylic acid groups (broad SMARTS) is 1. The molecule has 0 amide bonds. The molecular weight excluding hydrogens is 258 g/mol. The molecule has 0 radical (unpaired) electrons. The molecule has 1 aliphatic heterocycles. The van der Waals surface area contributed by atoms with Gasteiger partial charge in [-0.15, -0.1) is 0 Å². The highest BCUT2D eigenvalue weighted by Crippen LogP contribution is 2.36. The number of nitrogens with zero attached hydrogens (tertiary/aromatic N) is 1. The fourth-order valence-corrected chi connectivity index (χ4v) is 2.46. The van der Waals surface area contributed by atoms with E-state index in [4.69, 9.17) is 9.84 Å². The lowest BCUT2D eigenvalue weighted by Crippen LogP contribution is -2.30. The topological polar surface area (TPSA) is 83.9 Å². The average Bonchev–Trinajstić information content (AvgIpc) is 2.27. The van der Waals surface area contributed by atoms with Crippen LogP contribution in [0.2, 0.25) is 0 Å². The number of ether oxygens (including phenoxy) is 1. The molecule has 18 heavy (non-hydrogen) atoms. The van der Waals surface area contributed by atoms with Crippen LogP contribution in [0.4, 0.5) is 5.69 Å². The van der Waals surface area contributed by atoms with Crippen LogP contribution in [0.3, 0.4) is 0 Å². The van der Waals surface area contributed by atoms with Gasteiger partial charge in [-0.25, -0.2) is 13.2 Å². The molecule has 1 aliphatic rings. The molecule has 0 unspecified atom stereocenters. The lowest BCUT2D eigenvalue weighted by molar-refractivity contribution is 0.0691. The van der Waals surface area contributed by atoms with Crippen molar-refractivity contribution in [2.75, 3.05) is 31.4 Å². The molecule has 0 saturated carbocycles. The molecule has 0 saturated heterocycles. The summed E-state index contributed by atoms with van der Waals surface area (Å²) in [7, 11) is -1.70. The van der Waals surface area contributed by atoms with Crippen molar-refractivity contribution < 1.29 is 23.1 Å². The van der Waals surface area contributed by atoms with Crippen molar-refractivity contribution in [3.8, 4) is 5.75 Å². The minimum Gasteiger partial charge on any atom is -0.489 e. The van der Waals surface area contributed by atoms with Gasteiger partial charge in [-0.05, 0) is 12.1 Å². The van der Waals surface area contributed by atoms with Crippen LogP contribution >= 0.6 is 0 Å². The third-order valence-corrected chi connectivity index (χ3v) is 3.88. The van der Waals surface area contributed by atoms with Crippen molar-refractivity contribution in [1.29, 1.82) is 0 Å². The summed E-state index contributed by atoms with van der Waals surface area (Å²) in [6.07, 6.45) is 1.05. The van der Waals surface area contributed by atoms with E-state index in [9.17, 15) is 13.2 Å². The summed E-state index contributed by atoms with van der Waals surface area (Å²) >= 11 is 0. The predicted octanol–water partition coefficient (Wildman–Crippen LogP) is 0.617. The Morgan fingerprint density at radius 1 is 1.44 bits per heavy atom. The number of fused-ring (bicyclic) bond motifs is 1. The molecule has 98 valence electrons. The molecule has 0 spiro atoms. The number of hydrogen-bond donors (Lipinski definition) is 1. The second-order valence-electron chi connectivity index (χ2n) is 4.17. The minimum absolute atomic E-state index is 0.0176. The number of rotatable bonds is 2. The summed E-state index contributed by atoms with van der Waals surface area (Å²) in [6.45, 7) is 0.960. The predicted molar refractivity (Wildman–Crippen MR) is 65.3 cm³/mol. The lowest BCUT2D eigenvalue weighted by Gasteiger charge is -2.29. The number of sulfone groups is 1. The number of benzene rings is 1. The fourth-order valence-electron chi connectivity index (χ4n) is 1.80. The van der Waals surface area contributed by atoms with Gasteiger partial charge in [-0.2, -0.15) is 0 Å². The second kappa shape index (κ2) is 4.16. The van der Waals surface area contributed by atoms with Crippen LogP contribution in [0.15, 0.2) is 17.0 Å². The maximum atomic E-state index is 11.5. The normalized spacial score (nSPS) is 14.9. The number of aromatic carboxylic acids is 1. The van der Waals surface area contributed by atoms with Crippen LogP contribution < -0.4 is 9.64 Å². The Bertz CT molecular complexity index is 608. The molecule has 6 nitrogen and oxygen atoms in total. The molecule has 1 N–H and O–H groups in total. The van der Waals surface area contributed by atoms with E-state index in [-0.39, 0.29) is 16.2 Å². The summed E-state index contributed by atoms with van der Waals surface area (Å²) in [5.74, 6) is -0.976. The van der Waals surface area contributed by atoms with Crippen molar-refractivity contribution in [2.24, 2.45) is 0 Å². The van der Waals surface area contributed by atoms with Gasteiger partial charge in [0.15, 0.2) is 15.6 Å². The van der Waals surface area contributed by atoms with Gasteiger partial charge in [-0.1, -0.05) is 0 Å². The Labute approximate surface area is 105 Å². The second-order valence-corrected chi connectivity index (χ2v) is 6.18. The first kappa shape index (κ1) is 12.7. The molecular formula is C11H13NO5S. The molecule has 1 aromatic rings.